The lowest BCUT2D eigenvalue weighted by Crippen LogP contribution is -2.18. The molecule has 1 aromatic heterocycles. The molecule has 2 N–H and O–H groups in total. The van der Waals surface area contributed by atoms with Crippen molar-refractivity contribution in [1.29, 1.82) is 0 Å². The quantitative estimate of drug-likeness (QED) is 0.877. The van der Waals surface area contributed by atoms with E-state index in [1.807, 2.05) is 38.1 Å². The smallest absolute Gasteiger partial charge is 0.192 e. The molecule has 0 bridgehead atoms. The number of nitrogens with two attached hydrogens (primary N) is 1. The van der Waals surface area contributed by atoms with Gasteiger partial charge in [-0.15, -0.1) is 0 Å². The second-order valence-corrected chi connectivity index (χ2v) is 5.96. The van der Waals surface area contributed by atoms with Crippen molar-refractivity contribution in [2.45, 2.75) is 36.4 Å². The highest BCUT2D eigenvalue weighted by Crippen LogP contribution is 2.31. The Hall–Kier alpha value is -1.10. The van der Waals surface area contributed by atoms with Crippen LogP contribution in [0.2, 0.25) is 5.02 Å². The standard InChI is InChI=1S/C14H16ClN3S/c1-9(16)7-11-3-4-12(15)8-13(11)19-14-17-6-5-10(2)18-14/h3-6,8-9H,7,16H2,1-2H3. The minimum atomic E-state index is 0.110. The van der Waals surface area contributed by atoms with Gasteiger partial charge in [-0.05, 0) is 55.8 Å². The Bertz CT molecular complexity index is 572. The number of benzene rings is 1. The maximum Gasteiger partial charge on any atom is 0.192 e. The number of aryl methyl sites for hydroxylation is 1. The van der Waals surface area contributed by atoms with Crippen LogP contribution in [0.25, 0.3) is 0 Å². The van der Waals surface area contributed by atoms with E-state index in [4.69, 9.17) is 17.3 Å². The SMILES string of the molecule is Cc1ccnc(Sc2cc(Cl)ccc2CC(C)N)n1. The number of aromatic nitrogens is 2. The summed E-state index contributed by atoms with van der Waals surface area (Å²) in [6, 6.07) is 7.84. The predicted molar refractivity (Wildman–Crippen MR) is 79.7 cm³/mol. The first kappa shape index (κ1) is 14.3. The molecule has 100 valence electrons. The molecule has 3 nitrogen and oxygen atoms in total. The van der Waals surface area contributed by atoms with Gasteiger partial charge in [0, 0.05) is 27.9 Å². The van der Waals surface area contributed by atoms with Crippen LogP contribution >= 0.6 is 23.4 Å². The van der Waals surface area contributed by atoms with Gasteiger partial charge in [0.05, 0.1) is 0 Å². The van der Waals surface area contributed by atoms with Gasteiger partial charge in [-0.1, -0.05) is 17.7 Å². The van der Waals surface area contributed by atoms with Crippen LogP contribution in [-0.2, 0) is 6.42 Å². The van der Waals surface area contributed by atoms with Gasteiger partial charge in [0.1, 0.15) is 0 Å². The number of hydrogen-bond acceptors (Lipinski definition) is 4. The maximum absolute atomic E-state index is 6.07. The fourth-order valence-electron chi connectivity index (χ4n) is 1.71. The average Bonchev–Trinajstić information content (AvgIpc) is 2.32. The zero-order valence-electron chi connectivity index (χ0n) is 10.9. The summed E-state index contributed by atoms with van der Waals surface area (Å²) < 4.78 is 0. The zero-order valence-corrected chi connectivity index (χ0v) is 12.5. The van der Waals surface area contributed by atoms with Crippen molar-refractivity contribution in [2.75, 3.05) is 0 Å². The first-order valence-electron chi connectivity index (χ1n) is 6.06. The van der Waals surface area contributed by atoms with Gasteiger partial charge in [0.15, 0.2) is 5.16 Å². The summed E-state index contributed by atoms with van der Waals surface area (Å²) in [5, 5.41) is 1.44. The van der Waals surface area contributed by atoms with Crippen LogP contribution in [0.3, 0.4) is 0 Å². The van der Waals surface area contributed by atoms with Crippen molar-refractivity contribution in [3.05, 3.63) is 46.7 Å². The molecule has 2 aromatic rings. The summed E-state index contributed by atoms with van der Waals surface area (Å²) in [4.78, 5) is 9.72. The molecule has 19 heavy (non-hydrogen) atoms. The molecule has 5 heteroatoms. The fraction of sp³-hybridized carbons (Fsp3) is 0.286. The van der Waals surface area contributed by atoms with E-state index in [2.05, 4.69) is 9.97 Å². The summed E-state index contributed by atoms with van der Waals surface area (Å²) in [6.07, 6.45) is 2.58. The molecule has 0 amide bonds. The van der Waals surface area contributed by atoms with Gasteiger partial charge in [0.2, 0.25) is 0 Å². The Balaban J connectivity index is 2.30. The van der Waals surface area contributed by atoms with Crippen molar-refractivity contribution >= 4 is 23.4 Å². The molecule has 0 radical (unpaired) electrons. The third-order valence-electron chi connectivity index (χ3n) is 2.55. The molecule has 0 spiro atoms. The summed E-state index contributed by atoms with van der Waals surface area (Å²) >= 11 is 7.59. The van der Waals surface area contributed by atoms with Crippen LogP contribution in [0.15, 0.2) is 40.5 Å². The largest absolute Gasteiger partial charge is 0.328 e. The molecule has 0 aliphatic heterocycles. The Labute approximate surface area is 122 Å². The summed E-state index contributed by atoms with van der Waals surface area (Å²) in [7, 11) is 0. The maximum atomic E-state index is 6.07. The number of rotatable bonds is 4. The molecule has 0 fully saturated rings. The van der Waals surface area contributed by atoms with Gasteiger partial charge < -0.3 is 5.73 Å². The lowest BCUT2D eigenvalue weighted by atomic mass is 10.1. The fourth-order valence-corrected chi connectivity index (χ4v) is 2.92. The highest BCUT2D eigenvalue weighted by Gasteiger charge is 2.09. The minimum absolute atomic E-state index is 0.110. The Morgan fingerprint density at radius 1 is 1.37 bits per heavy atom. The first-order chi connectivity index (χ1) is 9.04. The molecular formula is C14H16ClN3S. The van der Waals surface area contributed by atoms with E-state index in [9.17, 15) is 0 Å². The summed E-state index contributed by atoms with van der Waals surface area (Å²) in [6.45, 7) is 3.94. The molecule has 0 saturated carbocycles. The van der Waals surface area contributed by atoms with Gasteiger partial charge in [-0.25, -0.2) is 9.97 Å². The highest BCUT2D eigenvalue weighted by molar-refractivity contribution is 7.99. The molecule has 0 aliphatic carbocycles. The van der Waals surface area contributed by atoms with Crippen LogP contribution < -0.4 is 5.73 Å². The van der Waals surface area contributed by atoms with E-state index in [-0.39, 0.29) is 6.04 Å². The van der Waals surface area contributed by atoms with E-state index in [1.165, 1.54) is 17.3 Å². The van der Waals surface area contributed by atoms with Crippen LogP contribution in [-0.4, -0.2) is 16.0 Å². The number of nitrogens with zero attached hydrogens (tertiary/aromatic N) is 2. The molecule has 1 atom stereocenters. The molecule has 1 unspecified atom stereocenters. The monoisotopic (exact) mass is 293 g/mol. The Kier molecular flexibility index (Phi) is 4.80. The van der Waals surface area contributed by atoms with Crippen LogP contribution in [0.1, 0.15) is 18.2 Å². The van der Waals surface area contributed by atoms with Gasteiger partial charge in [0.25, 0.3) is 0 Å². The second kappa shape index (κ2) is 6.37. The minimum Gasteiger partial charge on any atom is -0.328 e. The van der Waals surface area contributed by atoms with E-state index in [0.717, 1.165) is 22.2 Å². The van der Waals surface area contributed by atoms with Crippen LogP contribution in [0.5, 0.6) is 0 Å². The molecule has 1 aromatic carbocycles. The van der Waals surface area contributed by atoms with Crippen molar-refractivity contribution in [1.82, 2.24) is 9.97 Å². The second-order valence-electron chi connectivity index (χ2n) is 4.52. The Morgan fingerprint density at radius 2 is 2.16 bits per heavy atom. The van der Waals surface area contributed by atoms with E-state index in [1.54, 1.807) is 6.20 Å². The number of halogens is 1. The summed E-state index contributed by atoms with van der Waals surface area (Å²) in [5.74, 6) is 0. The lowest BCUT2D eigenvalue weighted by Gasteiger charge is -2.11. The third-order valence-corrected chi connectivity index (χ3v) is 3.76. The lowest BCUT2D eigenvalue weighted by molar-refractivity contribution is 0.729. The van der Waals surface area contributed by atoms with E-state index < -0.39 is 0 Å². The molecular weight excluding hydrogens is 278 g/mol. The topological polar surface area (TPSA) is 51.8 Å². The van der Waals surface area contributed by atoms with E-state index in [0.29, 0.717) is 5.02 Å². The molecule has 1 heterocycles. The van der Waals surface area contributed by atoms with Crippen molar-refractivity contribution in [3.63, 3.8) is 0 Å². The van der Waals surface area contributed by atoms with Gasteiger partial charge >= 0.3 is 0 Å². The average molecular weight is 294 g/mol. The molecule has 0 aliphatic rings. The predicted octanol–water partition coefficient (Wildman–Crippen LogP) is 3.48. The van der Waals surface area contributed by atoms with Gasteiger partial charge in [-0.2, -0.15) is 0 Å². The zero-order chi connectivity index (χ0) is 13.8. The van der Waals surface area contributed by atoms with Crippen molar-refractivity contribution < 1.29 is 0 Å². The molecule has 2 rings (SSSR count). The molecule has 0 saturated heterocycles. The van der Waals surface area contributed by atoms with Crippen molar-refractivity contribution in [3.8, 4) is 0 Å². The summed E-state index contributed by atoms with van der Waals surface area (Å²) in [5.41, 5.74) is 8.00. The van der Waals surface area contributed by atoms with Gasteiger partial charge in [-0.3, -0.25) is 0 Å². The van der Waals surface area contributed by atoms with Crippen LogP contribution in [0, 0.1) is 6.92 Å². The third kappa shape index (κ3) is 4.20. The number of hydrogen-bond donors (Lipinski definition) is 1. The first-order valence-corrected chi connectivity index (χ1v) is 7.25. The van der Waals surface area contributed by atoms with Crippen molar-refractivity contribution in [2.24, 2.45) is 5.73 Å². The van der Waals surface area contributed by atoms with E-state index >= 15 is 0 Å². The highest BCUT2D eigenvalue weighted by atomic mass is 35.5. The van der Waals surface area contributed by atoms with Crippen LogP contribution in [0.4, 0.5) is 0 Å². The Morgan fingerprint density at radius 3 is 2.84 bits per heavy atom. The normalized spacial score (nSPS) is 12.4.